The van der Waals surface area contributed by atoms with Gasteiger partial charge >= 0.3 is 0 Å². The highest BCUT2D eigenvalue weighted by Gasteiger charge is 2.29. The van der Waals surface area contributed by atoms with E-state index in [4.69, 9.17) is 0 Å². The number of aryl methyl sites for hydroxylation is 1. The minimum absolute atomic E-state index is 0.0823. The number of benzene rings is 1. The van der Waals surface area contributed by atoms with Gasteiger partial charge in [-0.05, 0) is 37.5 Å². The fourth-order valence-electron chi connectivity index (χ4n) is 4.30. The minimum Gasteiger partial charge on any atom is -0.339 e. The number of nitrogens with zero attached hydrogens (tertiary/aromatic N) is 5. The number of fused-ring (bicyclic) bond motifs is 2. The van der Waals surface area contributed by atoms with Crippen LogP contribution >= 0.6 is 0 Å². The van der Waals surface area contributed by atoms with Crippen LogP contribution < -0.4 is 5.32 Å². The van der Waals surface area contributed by atoms with Crippen molar-refractivity contribution in [3.63, 3.8) is 0 Å². The fourth-order valence-corrected chi connectivity index (χ4v) is 4.30. The molecule has 4 heterocycles. The molecule has 0 bridgehead atoms. The van der Waals surface area contributed by atoms with Crippen LogP contribution in [0.4, 0.5) is 0 Å². The van der Waals surface area contributed by atoms with E-state index in [-0.39, 0.29) is 5.91 Å². The molecule has 0 atom stereocenters. The van der Waals surface area contributed by atoms with E-state index < -0.39 is 0 Å². The first-order valence-electron chi connectivity index (χ1n) is 9.56. The lowest BCUT2D eigenvalue weighted by Gasteiger charge is -2.32. The van der Waals surface area contributed by atoms with Gasteiger partial charge in [0.05, 0.1) is 23.8 Å². The average molecular weight is 365 g/mol. The predicted octanol–water partition coefficient (Wildman–Crippen LogP) is 1.59. The number of rotatable bonds is 2. The van der Waals surface area contributed by atoms with Crippen molar-refractivity contribution in [2.24, 2.45) is 0 Å². The molecule has 8 heteroatoms. The summed E-state index contributed by atoms with van der Waals surface area (Å²) in [5.74, 6) is 2.57. The maximum atomic E-state index is 13.1. The number of likely N-dealkylation sites (tertiary alicyclic amines) is 1. The van der Waals surface area contributed by atoms with E-state index in [1.54, 1.807) is 6.20 Å². The third-order valence-electron chi connectivity index (χ3n) is 5.72. The van der Waals surface area contributed by atoms with E-state index in [2.05, 4.69) is 30.3 Å². The van der Waals surface area contributed by atoms with Gasteiger partial charge in [0.25, 0.3) is 5.91 Å². The van der Waals surface area contributed by atoms with Gasteiger partial charge in [-0.15, -0.1) is 10.2 Å². The Balaban J connectivity index is 1.34. The van der Waals surface area contributed by atoms with Gasteiger partial charge < -0.3 is 14.8 Å². The average Bonchev–Trinajstić information content (AvgIpc) is 3.33. The summed E-state index contributed by atoms with van der Waals surface area (Å²) in [6.07, 6.45) is 3.62. The van der Waals surface area contributed by atoms with Crippen molar-refractivity contribution in [3.05, 3.63) is 41.1 Å². The Hall–Kier alpha value is -2.74. The van der Waals surface area contributed by atoms with Crippen molar-refractivity contribution in [1.29, 1.82) is 0 Å². The molecule has 0 radical (unpaired) electrons. The molecule has 8 nitrogen and oxygen atoms in total. The molecule has 2 aliphatic heterocycles. The van der Waals surface area contributed by atoms with E-state index in [0.717, 1.165) is 73.7 Å². The van der Waals surface area contributed by atoms with E-state index in [0.29, 0.717) is 11.5 Å². The summed E-state index contributed by atoms with van der Waals surface area (Å²) in [4.78, 5) is 15.1. The molecule has 0 unspecified atom stereocenters. The lowest BCUT2D eigenvalue weighted by Crippen LogP contribution is -2.39. The zero-order chi connectivity index (χ0) is 18.4. The second-order valence-corrected chi connectivity index (χ2v) is 7.52. The molecule has 2 aromatic heterocycles. The van der Waals surface area contributed by atoms with Crippen molar-refractivity contribution < 1.29 is 4.79 Å². The number of carbonyl (C=O) groups is 1. The molecule has 2 N–H and O–H groups in total. The SMILES string of the molecule is Cc1cc(C(=O)N2CCC(c3nnc4n3CCNC4)CC2)c2[nH]ncc2c1. The Kier molecular flexibility index (Phi) is 3.93. The number of nitrogens with one attached hydrogen (secondary N) is 2. The first-order chi connectivity index (χ1) is 13.2. The van der Waals surface area contributed by atoms with Gasteiger partial charge in [-0.2, -0.15) is 5.10 Å². The maximum Gasteiger partial charge on any atom is 0.256 e. The Morgan fingerprint density at radius 1 is 1.19 bits per heavy atom. The van der Waals surface area contributed by atoms with Crippen LogP contribution in [0.15, 0.2) is 18.3 Å². The van der Waals surface area contributed by atoms with E-state index in [1.807, 2.05) is 24.0 Å². The van der Waals surface area contributed by atoms with E-state index in [9.17, 15) is 4.79 Å². The van der Waals surface area contributed by atoms with Crippen LogP contribution in [0.5, 0.6) is 0 Å². The van der Waals surface area contributed by atoms with E-state index >= 15 is 0 Å². The first kappa shape index (κ1) is 16.4. The number of aromatic amines is 1. The monoisotopic (exact) mass is 365 g/mol. The van der Waals surface area contributed by atoms with Gasteiger partial charge in [-0.1, -0.05) is 0 Å². The molecule has 2 aliphatic rings. The number of carbonyl (C=O) groups excluding carboxylic acids is 1. The number of aromatic nitrogens is 5. The zero-order valence-corrected chi connectivity index (χ0v) is 15.4. The van der Waals surface area contributed by atoms with E-state index in [1.165, 1.54) is 0 Å². The summed E-state index contributed by atoms with van der Waals surface area (Å²) in [6, 6.07) is 4.00. The fraction of sp³-hybridized carbons (Fsp3) is 0.474. The van der Waals surface area contributed by atoms with Crippen LogP contribution in [-0.2, 0) is 13.1 Å². The molecule has 1 saturated heterocycles. The number of amides is 1. The van der Waals surface area contributed by atoms with Crippen molar-refractivity contribution in [2.75, 3.05) is 19.6 Å². The van der Waals surface area contributed by atoms with Crippen LogP contribution in [0.2, 0.25) is 0 Å². The normalized spacial score (nSPS) is 18.0. The Morgan fingerprint density at radius 2 is 2.04 bits per heavy atom. The third-order valence-corrected chi connectivity index (χ3v) is 5.72. The summed E-state index contributed by atoms with van der Waals surface area (Å²) in [5, 5.41) is 20.2. The van der Waals surface area contributed by atoms with Crippen molar-refractivity contribution in [1.82, 2.24) is 35.2 Å². The minimum atomic E-state index is 0.0823. The summed E-state index contributed by atoms with van der Waals surface area (Å²) >= 11 is 0. The standard InChI is InChI=1S/C19H23N7O/c1-12-8-14-10-21-23-17(14)15(9-12)19(27)25-5-2-13(3-6-25)18-24-22-16-11-20-4-7-26(16)18/h8-10,13,20H,2-7,11H2,1H3,(H,21,23). The first-order valence-corrected chi connectivity index (χ1v) is 9.56. The molecule has 140 valence electrons. The highest BCUT2D eigenvalue weighted by Crippen LogP contribution is 2.29. The Bertz CT molecular complexity index is 997. The van der Waals surface area contributed by atoms with Crippen LogP contribution in [-0.4, -0.2) is 55.4 Å². The number of H-pyrrole nitrogens is 1. The lowest BCUT2D eigenvalue weighted by atomic mass is 9.95. The quantitative estimate of drug-likeness (QED) is 0.719. The molecular formula is C19H23N7O. The summed E-state index contributed by atoms with van der Waals surface area (Å²) in [6.45, 7) is 6.18. The van der Waals surface area contributed by atoms with Gasteiger partial charge in [0.15, 0.2) is 0 Å². The molecule has 3 aromatic rings. The Morgan fingerprint density at radius 3 is 2.89 bits per heavy atom. The highest BCUT2D eigenvalue weighted by molar-refractivity contribution is 6.05. The predicted molar refractivity (Wildman–Crippen MR) is 100 cm³/mol. The molecule has 0 spiro atoms. The van der Waals surface area contributed by atoms with Crippen molar-refractivity contribution in [3.8, 4) is 0 Å². The highest BCUT2D eigenvalue weighted by atomic mass is 16.2. The smallest absolute Gasteiger partial charge is 0.256 e. The molecule has 1 amide bonds. The zero-order valence-electron chi connectivity index (χ0n) is 15.4. The summed E-state index contributed by atoms with van der Waals surface area (Å²) in [7, 11) is 0. The summed E-state index contributed by atoms with van der Waals surface area (Å²) in [5.41, 5.74) is 2.62. The topological polar surface area (TPSA) is 91.7 Å². The second-order valence-electron chi connectivity index (χ2n) is 7.52. The maximum absolute atomic E-state index is 13.1. The van der Waals surface area contributed by atoms with Crippen LogP contribution in [0.3, 0.4) is 0 Å². The van der Waals surface area contributed by atoms with Crippen molar-refractivity contribution >= 4 is 16.8 Å². The lowest BCUT2D eigenvalue weighted by molar-refractivity contribution is 0.0711. The molecule has 1 fully saturated rings. The molecule has 5 rings (SSSR count). The largest absolute Gasteiger partial charge is 0.339 e. The second kappa shape index (κ2) is 6.45. The molecule has 27 heavy (non-hydrogen) atoms. The number of piperidine rings is 1. The van der Waals surface area contributed by atoms with Gasteiger partial charge in [0.1, 0.15) is 11.6 Å². The number of hydrogen-bond donors (Lipinski definition) is 2. The van der Waals surface area contributed by atoms with Gasteiger partial charge in [0.2, 0.25) is 0 Å². The summed E-state index contributed by atoms with van der Waals surface area (Å²) < 4.78 is 2.26. The third kappa shape index (κ3) is 2.80. The molecule has 0 saturated carbocycles. The molecular weight excluding hydrogens is 342 g/mol. The van der Waals surface area contributed by atoms with Crippen molar-refractivity contribution in [2.45, 2.75) is 38.8 Å². The Labute approximate surface area is 157 Å². The van der Waals surface area contributed by atoms with Gasteiger partial charge in [0, 0.05) is 37.5 Å². The molecule has 1 aromatic carbocycles. The van der Waals surface area contributed by atoms with Gasteiger partial charge in [-0.3, -0.25) is 9.89 Å². The van der Waals surface area contributed by atoms with Crippen LogP contribution in [0.25, 0.3) is 10.9 Å². The van der Waals surface area contributed by atoms with Crippen LogP contribution in [0, 0.1) is 6.92 Å². The van der Waals surface area contributed by atoms with Crippen LogP contribution in [0.1, 0.15) is 46.3 Å². The molecule has 0 aliphatic carbocycles. The number of hydrogen-bond acceptors (Lipinski definition) is 5. The van der Waals surface area contributed by atoms with Gasteiger partial charge in [-0.25, -0.2) is 0 Å².